The maximum Gasteiger partial charge on any atom is 0.105 e. The molecule has 4 aliphatic carbocycles. The van der Waals surface area contributed by atoms with Crippen LogP contribution in [-0.4, -0.2) is 43.8 Å². The minimum Gasteiger partial charge on any atom is -0.393 e. The molecule has 0 bridgehead atoms. The van der Waals surface area contributed by atoms with Gasteiger partial charge in [-0.25, -0.2) is 0 Å². The quantitative estimate of drug-likeness (QED) is 0.408. The minimum atomic E-state index is -1.48. The summed E-state index contributed by atoms with van der Waals surface area (Å²) in [6, 6.07) is 0. The van der Waals surface area contributed by atoms with Crippen molar-refractivity contribution in [3.8, 4) is 0 Å². The lowest BCUT2D eigenvalue weighted by atomic mass is 9.43. The molecule has 0 heterocycles. The maximum atomic E-state index is 12.2. The summed E-state index contributed by atoms with van der Waals surface area (Å²) >= 11 is 0. The SMILES string of the molecule is CC[C@H](CC[C@@H](C)[C@H]1CCC2C3=C[C@@H](O)[C@@]4(O)C[C@@H](O)CC[C@]4(C)[C@@]3(O)CC[C@@]21C)C(C)C. The first-order valence-electron chi connectivity index (χ1n) is 13.9. The van der Waals surface area contributed by atoms with E-state index in [1.54, 1.807) is 6.08 Å². The van der Waals surface area contributed by atoms with Crippen molar-refractivity contribution in [3.05, 3.63) is 11.6 Å². The van der Waals surface area contributed by atoms with Gasteiger partial charge in [0.2, 0.25) is 0 Å². The van der Waals surface area contributed by atoms with Gasteiger partial charge in [-0.1, -0.05) is 60.5 Å². The van der Waals surface area contributed by atoms with E-state index in [1.807, 2.05) is 6.92 Å². The summed E-state index contributed by atoms with van der Waals surface area (Å²) in [4.78, 5) is 0. The fourth-order valence-electron chi connectivity index (χ4n) is 9.17. The van der Waals surface area contributed by atoms with E-state index in [4.69, 9.17) is 0 Å². The van der Waals surface area contributed by atoms with E-state index in [2.05, 4.69) is 34.6 Å². The molecule has 33 heavy (non-hydrogen) atoms. The first kappa shape index (κ1) is 25.7. The molecule has 0 aromatic heterocycles. The molecule has 4 nitrogen and oxygen atoms in total. The molecular weight excluding hydrogens is 412 g/mol. The smallest absolute Gasteiger partial charge is 0.105 e. The predicted molar refractivity (Wildman–Crippen MR) is 133 cm³/mol. The number of hydrogen-bond acceptors (Lipinski definition) is 4. The van der Waals surface area contributed by atoms with Gasteiger partial charge in [-0.2, -0.15) is 0 Å². The third-order valence-electron chi connectivity index (χ3n) is 11.7. The van der Waals surface area contributed by atoms with E-state index in [-0.39, 0.29) is 17.8 Å². The Morgan fingerprint density at radius 2 is 1.67 bits per heavy atom. The molecule has 1 unspecified atom stereocenters. The predicted octanol–water partition coefficient (Wildman–Crippen LogP) is 5.23. The third-order valence-corrected chi connectivity index (χ3v) is 11.7. The molecule has 0 aromatic carbocycles. The zero-order chi connectivity index (χ0) is 24.4. The highest BCUT2D eigenvalue weighted by Gasteiger charge is 2.71. The Labute approximate surface area is 201 Å². The Kier molecular flexibility index (Phi) is 6.69. The van der Waals surface area contributed by atoms with Gasteiger partial charge in [0.15, 0.2) is 0 Å². The van der Waals surface area contributed by atoms with Gasteiger partial charge in [-0.15, -0.1) is 0 Å². The van der Waals surface area contributed by atoms with Crippen LogP contribution in [0.15, 0.2) is 11.6 Å². The second kappa shape index (κ2) is 8.61. The lowest BCUT2D eigenvalue weighted by Gasteiger charge is -2.65. The van der Waals surface area contributed by atoms with Crippen LogP contribution in [0.1, 0.15) is 106 Å². The van der Waals surface area contributed by atoms with Crippen LogP contribution in [0.2, 0.25) is 0 Å². The molecule has 10 atom stereocenters. The van der Waals surface area contributed by atoms with Gasteiger partial charge in [-0.05, 0) is 85.5 Å². The number of fused-ring (bicyclic) bond motifs is 5. The Hall–Kier alpha value is -0.420. The van der Waals surface area contributed by atoms with E-state index in [0.717, 1.165) is 30.3 Å². The topological polar surface area (TPSA) is 80.9 Å². The van der Waals surface area contributed by atoms with E-state index < -0.39 is 28.8 Å². The van der Waals surface area contributed by atoms with Crippen LogP contribution in [0, 0.1) is 40.4 Å². The number of aliphatic hydroxyl groups is 4. The maximum absolute atomic E-state index is 12.2. The molecule has 4 heteroatoms. The molecule has 0 spiro atoms. The molecule has 0 aliphatic heterocycles. The lowest BCUT2D eigenvalue weighted by molar-refractivity contribution is -0.258. The molecule has 4 rings (SSSR count). The van der Waals surface area contributed by atoms with E-state index in [0.29, 0.717) is 31.1 Å². The monoisotopic (exact) mass is 462 g/mol. The molecule has 3 saturated carbocycles. The first-order valence-corrected chi connectivity index (χ1v) is 13.9. The highest BCUT2D eigenvalue weighted by Crippen LogP contribution is 2.69. The van der Waals surface area contributed by atoms with Crippen molar-refractivity contribution in [3.63, 3.8) is 0 Å². The van der Waals surface area contributed by atoms with Crippen LogP contribution < -0.4 is 0 Å². The van der Waals surface area contributed by atoms with Crippen molar-refractivity contribution in [1.82, 2.24) is 0 Å². The molecule has 0 saturated heterocycles. The summed E-state index contributed by atoms with van der Waals surface area (Å²) in [5.74, 6) is 3.09. The van der Waals surface area contributed by atoms with Crippen molar-refractivity contribution in [1.29, 1.82) is 0 Å². The highest BCUT2D eigenvalue weighted by atomic mass is 16.4. The Balaban J connectivity index is 1.60. The van der Waals surface area contributed by atoms with Gasteiger partial charge in [0.05, 0.1) is 11.7 Å². The zero-order valence-corrected chi connectivity index (χ0v) is 22.0. The number of hydrogen-bond donors (Lipinski definition) is 4. The molecule has 4 N–H and O–H groups in total. The summed E-state index contributed by atoms with van der Waals surface area (Å²) in [6.07, 6.45) is 9.04. The van der Waals surface area contributed by atoms with Crippen LogP contribution in [0.5, 0.6) is 0 Å². The summed E-state index contributed by atoms with van der Waals surface area (Å²) in [5.41, 5.74) is -2.28. The molecule has 0 amide bonds. The van der Waals surface area contributed by atoms with Crippen LogP contribution in [0.4, 0.5) is 0 Å². The second-order valence-corrected chi connectivity index (χ2v) is 13.3. The van der Waals surface area contributed by atoms with Crippen LogP contribution >= 0.6 is 0 Å². The second-order valence-electron chi connectivity index (χ2n) is 13.3. The first-order chi connectivity index (χ1) is 15.3. The molecule has 4 aliphatic rings. The van der Waals surface area contributed by atoms with Crippen molar-refractivity contribution in [2.75, 3.05) is 0 Å². The van der Waals surface area contributed by atoms with Crippen molar-refractivity contribution >= 4 is 0 Å². The highest BCUT2D eigenvalue weighted by molar-refractivity contribution is 5.40. The van der Waals surface area contributed by atoms with E-state index in [9.17, 15) is 20.4 Å². The summed E-state index contributed by atoms with van der Waals surface area (Å²) in [6.45, 7) is 13.9. The standard InChI is InChI=1S/C29H50O4/c1-7-20(18(2)3)9-8-19(4)22-10-11-23-24-16-25(31)29(33)17-21(30)12-13-27(29,6)28(24,32)15-14-26(22,23)5/h16,18-23,25,30-33H,7-15,17H2,1-6H3/t19-,20-,21+,22-,23?,25-,26-,27-,28-,29+/m1/s1. The van der Waals surface area contributed by atoms with Crippen molar-refractivity contribution < 1.29 is 20.4 Å². The van der Waals surface area contributed by atoms with Gasteiger partial charge in [0.25, 0.3) is 0 Å². The summed E-state index contributed by atoms with van der Waals surface area (Å²) in [5, 5.41) is 45.3. The summed E-state index contributed by atoms with van der Waals surface area (Å²) in [7, 11) is 0. The molecule has 190 valence electrons. The normalized spacial score (nSPS) is 49.1. The van der Waals surface area contributed by atoms with Crippen LogP contribution in [-0.2, 0) is 0 Å². The van der Waals surface area contributed by atoms with Gasteiger partial charge >= 0.3 is 0 Å². The average Bonchev–Trinajstić information content (AvgIpc) is 3.10. The van der Waals surface area contributed by atoms with Crippen LogP contribution in [0.3, 0.4) is 0 Å². The molecular formula is C29H50O4. The van der Waals surface area contributed by atoms with Gasteiger partial charge < -0.3 is 20.4 Å². The van der Waals surface area contributed by atoms with E-state index >= 15 is 0 Å². The summed E-state index contributed by atoms with van der Waals surface area (Å²) < 4.78 is 0. The fourth-order valence-corrected chi connectivity index (χ4v) is 9.17. The van der Waals surface area contributed by atoms with Gasteiger partial charge in [0.1, 0.15) is 11.7 Å². The molecule has 0 radical (unpaired) electrons. The number of aliphatic hydroxyl groups excluding tert-OH is 2. The molecule has 3 fully saturated rings. The average molecular weight is 463 g/mol. The van der Waals surface area contributed by atoms with Crippen molar-refractivity contribution in [2.24, 2.45) is 40.4 Å². The van der Waals surface area contributed by atoms with E-state index in [1.165, 1.54) is 25.7 Å². The zero-order valence-electron chi connectivity index (χ0n) is 22.0. The minimum absolute atomic E-state index is 0.132. The van der Waals surface area contributed by atoms with Gasteiger partial charge in [0, 0.05) is 11.8 Å². The fraction of sp³-hybridized carbons (Fsp3) is 0.931. The Bertz CT molecular complexity index is 763. The Morgan fingerprint density at radius 3 is 2.30 bits per heavy atom. The molecule has 0 aromatic rings. The lowest BCUT2D eigenvalue weighted by Crippen LogP contribution is -2.72. The van der Waals surface area contributed by atoms with Gasteiger partial charge in [-0.3, -0.25) is 0 Å². The Morgan fingerprint density at radius 1 is 0.970 bits per heavy atom. The third kappa shape index (κ3) is 3.60. The van der Waals surface area contributed by atoms with Crippen molar-refractivity contribution in [2.45, 2.75) is 129 Å². The van der Waals surface area contributed by atoms with Crippen LogP contribution in [0.25, 0.3) is 0 Å². The number of rotatable bonds is 6. The largest absolute Gasteiger partial charge is 0.393 e.